The molecule has 1 unspecified atom stereocenters. The van der Waals surface area contributed by atoms with Crippen LogP contribution in [0.15, 0.2) is 30.3 Å². The van der Waals surface area contributed by atoms with Crippen molar-refractivity contribution in [3.8, 4) is 0 Å². The van der Waals surface area contributed by atoms with Crippen molar-refractivity contribution >= 4 is 5.97 Å². The van der Waals surface area contributed by atoms with E-state index < -0.39 is 6.10 Å². The molecule has 0 aliphatic carbocycles. The predicted molar refractivity (Wildman–Crippen MR) is 80.5 cm³/mol. The third-order valence-corrected chi connectivity index (χ3v) is 3.14. The Bertz CT molecular complexity index is 362. The molecule has 0 saturated heterocycles. The van der Waals surface area contributed by atoms with E-state index in [0.717, 1.165) is 18.4 Å². The maximum Gasteiger partial charge on any atom is 0.339 e. The average molecular weight is 278 g/mol. The van der Waals surface area contributed by atoms with E-state index in [0.29, 0.717) is 13.2 Å². The van der Waals surface area contributed by atoms with E-state index in [4.69, 9.17) is 9.47 Å². The number of rotatable bonds is 10. The molecule has 1 rings (SSSR count). The first-order valence-corrected chi connectivity index (χ1v) is 7.62. The Labute approximate surface area is 122 Å². The van der Waals surface area contributed by atoms with Gasteiger partial charge in [0.25, 0.3) is 0 Å². The molecule has 0 radical (unpaired) electrons. The minimum absolute atomic E-state index is 0.299. The Hall–Kier alpha value is -1.35. The van der Waals surface area contributed by atoms with E-state index in [1.165, 1.54) is 19.3 Å². The van der Waals surface area contributed by atoms with Crippen LogP contribution in [0.25, 0.3) is 0 Å². The number of benzene rings is 1. The summed E-state index contributed by atoms with van der Waals surface area (Å²) in [6, 6.07) is 9.55. The lowest BCUT2D eigenvalue weighted by Gasteiger charge is -2.16. The van der Waals surface area contributed by atoms with Gasteiger partial charge in [-0.2, -0.15) is 0 Å². The summed E-state index contributed by atoms with van der Waals surface area (Å²) >= 11 is 0. The molecule has 0 amide bonds. The Morgan fingerprint density at radius 2 is 1.75 bits per heavy atom. The van der Waals surface area contributed by atoms with E-state index in [2.05, 4.69) is 6.92 Å². The lowest BCUT2D eigenvalue weighted by Crippen LogP contribution is -2.19. The normalized spacial score (nSPS) is 12.1. The van der Waals surface area contributed by atoms with Gasteiger partial charge in [0.15, 0.2) is 6.10 Å². The molecule has 0 N–H and O–H groups in total. The first kappa shape index (κ1) is 16.7. The largest absolute Gasteiger partial charge is 0.464 e. The Morgan fingerprint density at radius 3 is 2.40 bits per heavy atom. The molecule has 0 aliphatic heterocycles. The van der Waals surface area contributed by atoms with Crippen LogP contribution in [-0.4, -0.2) is 19.2 Å². The molecule has 1 atom stereocenters. The molecule has 1 aromatic rings. The van der Waals surface area contributed by atoms with Gasteiger partial charge in [0.1, 0.15) is 0 Å². The third kappa shape index (κ3) is 6.20. The zero-order chi connectivity index (χ0) is 14.6. The van der Waals surface area contributed by atoms with E-state index in [-0.39, 0.29) is 5.97 Å². The van der Waals surface area contributed by atoms with Gasteiger partial charge in [-0.05, 0) is 18.9 Å². The van der Waals surface area contributed by atoms with Gasteiger partial charge < -0.3 is 9.47 Å². The Kier molecular flexibility index (Phi) is 8.72. The number of hydrogen-bond acceptors (Lipinski definition) is 3. The van der Waals surface area contributed by atoms with E-state index >= 15 is 0 Å². The quantitative estimate of drug-likeness (QED) is 0.473. The van der Waals surface area contributed by atoms with E-state index in [9.17, 15) is 4.79 Å². The average Bonchev–Trinajstić information content (AvgIpc) is 2.47. The highest BCUT2D eigenvalue weighted by molar-refractivity contribution is 5.76. The fourth-order valence-electron chi connectivity index (χ4n) is 2.05. The van der Waals surface area contributed by atoms with Gasteiger partial charge in [-0.3, -0.25) is 0 Å². The standard InChI is InChI=1S/C17H26O3/c1-3-5-6-7-11-14-20-16(17(18)19-4-2)15-12-9-8-10-13-15/h8-10,12-13,16H,3-7,11,14H2,1-2H3. The van der Waals surface area contributed by atoms with Crippen LogP contribution >= 0.6 is 0 Å². The first-order valence-electron chi connectivity index (χ1n) is 7.62. The van der Waals surface area contributed by atoms with Gasteiger partial charge in [-0.15, -0.1) is 0 Å². The summed E-state index contributed by atoms with van der Waals surface area (Å²) in [5, 5.41) is 0. The van der Waals surface area contributed by atoms with Crippen LogP contribution in [0.3, 0.4) is 0 Å². The van der Waals surface area contributed by atoms with Crippen molar-refractivity contribution in [1.29, 1.82) is 0 Å². The van der Waals surface area contributed by atoms with Crippen molar-refractivity contribution in [3.63, 3.8) is 0 Å². The predicted octanol–water partition coefficient (Wildman–Crippen LogP) is 4.28. The van der Waals surface area contributed by atoms with Crippen molar-refractivity contribution in [2.45, 2.75) is 52.1 Å². The van der Waals surface area contributed by atoms with Gasteiger partial charge in [0.05, 0.1) is 6.61 Å². The summed E-state index contributed by atoms with van der Waals surface area (Å²) in [6.07, 6.45) is 5.27. The highest BCUT2D eigenvalue weighted by atomic mass is 16.6. The molecule has 0 saturated carbocycles. The van der Waals surface area contributed by atoms with Gasteiger partial charge in [-0.25, -0.2) is 4.79 Å². The fourth-order valence-corrected chi connectivity index (χ4v) is 2.05. The number of ether oxygens (including phenoxy) is 2. The number of carbonyl (C=O) groups excluding carboxylic acids is 1. The van der Waals surface area contributed by atoms with Gasteiger partial charge in [0.2, 0.25) is 0 Å². The SMILES string of the molecule is CCCCCCCOC(C(=O)OCC)c1ccccc1. The van der Waals surface area contributed by atoms with Crippen LogP contribution in [0.5, 0.6) is 0 Å². The van der Waals surface area contributed by atoms with Crippen molar-refractivity contribution < 1.29 is 14.3 Å². The molecule has 0 aliphatic rings. The lowest BCUT2D eigenvalue weighted by molar-refractivity contribution is -0.157. The van der Waals surface area contributed by atoms with Gasteiger partial charge >= 0.3 is 5.97 Å². The maximum atomic E-state index is 12.0. The highest BCUT2D eigenvalue weighted by Gasteiger charge is 2.22. The second-order valence-corrected chi connectivity index (χ2v) is 4.83. The summed E-state index contributed by atoms with van der Waals surface area (Å²) in [6.45, 7) is 4.98. The van der Waals surface area contributed by atoms with Crippen LogP contribution in [0.1, 0.15) is 57.6 Å². The number of carbonyl (C=O) groups is 1. The summed E-state index contributed by atoms with van der Waals surface area (Å²) < 4.78 is 10.8. The minimum atomic E-state index is -0.595. The number of unbranched alkanes of at least 4 members (excludes halogenated alkanes) is 4. The molecule has 0 heterocycles. The minimum Gasteiger partial charge on any atom is -0.464 e. The summed E-state index contributed by atoms with van der Waals surface area (Å²) in [7, 11) is 0. The molecular formula is C17H26O3. The third-order valence-electron chi connectivity index (χ3n) is 3.14. The van der Waals surface area contributed by atoms with Gasteiger partial charge in [-0.1, -0.05) is 62.9 Å². The number of hydrogen-bond donors (Lipinski definition) is 0. The van der Waals surface area contributed by atoms with Crippen molar-refractivity contribution in [2.24, 2.45) is 0 Å². The molecule has 0 aromatic heterocycles. The van der Waals surface area contributed by atoms with Crippen LogP contribution in [0, 0.1) is 0 Å². The maximum absolute atomic E-state index is 12.0. The summed E-state index contributed by atoms with van der Waals surface area (Å²) in [4.78, 5) is 12.0. The summed E-state index contributed by atoms with van der Waals surface area (Å²) in [5.41, 5.74) is 0.861. The molecule has 3 nitrogen and oxygen atoms in total. The molecule has 0 fully saturated rings. The second-order valence-electron chi connectivity index (χ2n) is 4.83. The Morgan fingerprint density at radius 1 is 1.05 bits per heavy atom. The molecular weight excluding hydrogens is 252 g/mol. The molecule has 0 spiro atoms. The topological polar surface area (TPSA) is 35.5 Å². The Balaban J connectivity index is 2.45. The smallest absolute Gasteiger partial charge is 0.339 e. The molecule has 3 heteroatoms. The summed E-state index contributed by atoms with van der Waals surface area (Å²) in [5.74, 6) is -0.299. The monoisotopic (exact) mass is 278 g/mol. The molecule has 112 valence electrons. The second kappa shape index (κ2) is 10.4. The highest BCUT2D eigenvalue weighted by Crippen LogP contribution is 2.19. The zero-order valence-electron chi connectivity index (χ0n) is 12.6. The molecule has 1 aromatic carbocycles. The van der Waals surface area contributed by atoms with E-state index in [1.54, 1.807) is 0 Å². The van der Waals surface area contributed by atoms with Crippen molar-refractivity contribution in [2.75, 3.05) is 13.2 Å². The van der Waals surface area contributed by atoms with Gasteiger partial charge in [0, 0.05) is 6.61 Å². The van der Waals surface area contributed by atoms with Crippen LogP contribution in [0.2, 0.25) is 0 Å². The zero-order valence-corrected chi connectivity index (χ0v) is 12.6. The molecule has 0 bridgehead atoms. The van der Waals surface area contributed by atoms with Crippen LogP contribution in [-0.2, 0) is 14.3 Å². The number of esters is 1. The van der Waals surface area contributed by atoms with Crippen molar-refractivity contribution in [3.05, 3.63) is 35.9 Å². The van der Waals surface area contributed by atoms with Crippen molar-refractivity contribution in [1.82, 2.24) is 0 Å². The molecule has 20 heavy (non-hydrogen) atoms. The first-order chi connectivity index (χ1) is 9.79. The lowest BCUT2D eigenvalue weighted by atomic mass is 10.1. The van der Waals surface area contributed by atoms with Crippen LogP contribution < -0.4 is 0 Å². The van der Waals surface area contributed by atoms with E-state index in [1.807, 2.05) is 37.3 Å². The fraction of sp³-hybridized carbons (Fsp3) is 0.588. The van der Waals surface area contributed by atoms with Crippen LogP contribution in [0.4, 0.5) is 0 Å².